The maximum atomic E-state index is 13.4. The summed E-state index contributed by atoms with van der Waals surface area (Å²) in [6, 6.07) is 20.3. The summed E-state index contributed by atoms with van der Waals surface area (Å²) >= 11 is 0. The van der Waals surface area contributed by atoms with E-state index < -0.39 is 35.9 Å². The number of carbonyl (C=O) groups excluding carboxylic acids is 3. The SMILES string of the molecule is CC(NC(=O)c1ccc2c(c1)NC(=O)C(Cc1ccccc1)N2C(=O)Nc1ccccc1)C(=O)O. The van der Waals surface area contributed by atoms with Gasteiger partial charge in [-0.3, -0.25) is 19.3 Å². The normalized spacial score (nSPS) is 15.4. The van der Waals surface area contributed by atoms with E-state index in [9.17, 15) is 19.2 Å². The first-order valence-corrected chi connectivity index (χ1v) is 11.0. The number of rotatable bonds is 6. The third-order valence-corrected chi connectivity index (χ3v) is 5.62. The number of anilines is 3. The topological polar surface area (TPSA) is 128 Å². The van der Waals surface area contributed by atoms with Gasteiger partial charge < -0.3 is 21.1 Å². The van der Waals surface area contributed by atoms with Gasteiger partial charge >= 0.3 is 12.0 Å². The average molecular weight is 473 g/mol. The predicted molar refractivity (Wildman–Crippen MR) is 132 cm³/mol. The van der Waals surface area contributed by atoms with Crippen molar-refractivity contribution < 1.29 is 24.3 Å². The lowest BCUT2D eigenvalue weighted by Crippen LogP contribution is -2.53. The number of fused-ring (bicyclic) bond motifs is 1. The number of nitrogens with one attached hydrogen (secondary N) is 3. The van der Waals surface area contributed by atoms with E-state index in [1.54, 1.807) is 30.3 Å². The highest BCUT2D eigenvalue weighted by Crippen LogP contribution is 2.34. The van der Waals surface area contributed by atoms with Crippen LogP contribution in [-0.4, -0.2) is 41.0 Å². The van der Waals surface area contributed by atoms with Crippen LogP contribution >= 0.6 is 0 Å². The number of carboxylic acid groups (broad SMARTS) is 1. The first-order valence-electron chi connectivity index (χ1n) is 11.0. The van der Waals surface area contributed by atoms with Crippen molar-refractivity contribution in [2.45, 2.75) is 25.4 Å². The van der Waals surface area contributed by atoms with Crippen molar-refractivity contribution >= 4 is 40.9 Å². The fourth-order valence-electron chi connectivity index (χ4n) is 3.81. The van der Waals surface area contributed by atoms with Gasteiger partial charge in [0.05, 0.1) is 11.4 Å². The smallest absolute Gasteiger partial charge is 0.327 e. The van der Waals surface area contributed by atoms with Crippen LogP contribution in [0.1, 0.15) is 22.8 Å². The van der Waals surface area contributed by atoms with Gasteiger partial charge in [0, 0.05) is 17.7 Å². The van der Waals surface area contributed by atoms with Crippen molar-refractivity contribution in [1.29, 1.82) is 0 Å². The molecule has 35 heavy (non-hydrogen) atoms. The molecule has 0 aromatic heterocycles. The van der Waals surface area contributed by atoms with E-state index in [0.29, 0.717) is 11.4 Å². The van der Waals surface area contributed by atoms with Gasteiger partial charge in [0.1, 0.15) is 12.1 Å². The van der Waals surface area contributed by atoms with Gasteiger partial charge in [-0.15, -0.1) is 0 Å². The minimum absolute atomic E-state index is 0.155. The van der Waals surface area contributed by atoms with E-state index in [1.165, 1.54) is 24.0 Å². The highest BCUT2D eigenvalue weighted by Gasteiger charge is 2.37. The van der Waals surface area contributed by atoms with Gasteiger partial charge in [0.15, 0.2) is 0 Å². The molecule has 0 aliphatic carbocycles. The summed E-state index contributed by atoms with van der Waals surface area (Å²) in [7, 11) is 0. The van der Waals surface area contributed by atoms with E-state index in [-0.39, 0.29) is 17.7 Å². The number of para-hydroxylation sites is 1. The van der Waals surface area contributed by atoms with E-state index in [0.717, 1.165) is 5.56 Å². The predicted octanol–water partition coefficient (Wildman–Crippen LogP) is 3.49. The summed E-state index contributed by atoms with van der Waals surface area (Å²) in [5, 5.41) is 17.0. The van der Waals surface area contributed by atoms with Crippen LogP contribution in [0.25, 0.3) is 0 Å². The van der Waals surface area contributed by atoms with E-state index in [1.807, 2.05) is 36.4 Å². The van der Waals surface area contributed by atoms with E-state index in [2.05, 4.69) is 16.0 Å². The average Bonchev–Trinajstić information content (AvgIpc) is 2.85. The van der Waals surface area contributed by atoms with Gasteiger partial charge in [-0.05, 0) is 42.8 Å². The number of benzene rings is 3. The van der Waals surface area contributed by atoms with Crippen LogP contribution in [0.5, 0.6) is 0 Å². The number of hydrogen-bond donors (Lipinski definition) is 4. The first kappa shape index (κ1) is 23.5. The maximum absolute atomic E-state index is 13.4. The van der Waals surface area contributed by atoms with Gasteiger partial charge in [-0.25, -0.2) is 4.79 Å². The van der Waals surface area contributed by atoms with Crippen LogP contribution in [0.4, 0.5) is 21.9 Å². The summed E-state index contributed by atoms with van der Waals surface area (Å²) in [5.41, 5.74) is 2.30. The number of urea groups is 1. The Kier molecular flexibility index (Phi) is 6.77. The largest absolute Gasteiger partial charge is 0.480 e. The van der Waals surface area contributed by atoms with Crippen LogP contribution in [0.3, 0.4) is 0 Å². The number of aliphatic carboxylic acids is 1. The van der Waals surface area contributed by atoms with Gasteiger partial charge in [-0.1, -0.05) is 48.5 Å². The summed E-state index contributed by atoms with van der Waals surface area (Å²) in [4.78, 5) is 51.5. The number of hydrogen-bond acceptors (Lipinski definition) is 4. The Bertz CT molecular complexity index is 1260. The molecule has 0 saturated carbocycles. The summed E-state index contributed by atoms with van der Waals surface area (Å²) in [6.07, 6.45) is 0.284. The Morgan fingerprint density at radius 1 is 1.00 bits per heavy atom. The first-order chi connectivity index (χ1) is 16.8. The molecule has 1 heterocycles. The third kappa shape index (κ3) is 5.30. The van der Waals surface area contributed by atoms with Crippen LogP contribution < -0.4 is 20.9 Å². The molecule has 9 nitrogen and oxygen atoms in total. The van der Waals surface area contributed by atoms with Crippen molar-refractivity contribution in [3.05, 3.63) is 90.0 Å². The molecule has 178 valence electrons. The molecule has 4 N–H and O–H groups in total. The fraction of sp³-hybridized carbons (Fsp3) is 0.154. The Balaban J connectivity index is 1.68. The standard InChI is InChI=1S/C26H24N4O5/c1-16(25(33)34)27-23(31)18-12-13-21-20(15-18)29-24(32)22(14-17-8-4-2-5-9-17)30(21)26(35)28-19-10-6-3-7-11-19/h2-13,15-16,22H,14H2,1H3,(H,27,31)(H,28,35)(H,29,32)(H,33,34). The molecule has 2 unspecified atom stereocenters. The molecule has 3 aromatic rings. The lowest BCUT2D eigenvalue weighted by Gasteiger charge is -2.36. The quantitative estimate of drug-likeness (QED) is 0.437. The van der Waals surface area contributed by atoms with Crippen molar-refractivity contribution in [3.63, 3.8) is 0 Å². The minimum atomic E-state index is -1.17. The molecule has 2 atom stereocenters. The zero-order valence-electron chi connectivity index (χ0n) is 18.9. The molecule has 4 amide bonds. The lowest BCUT2D eigenvalue weighted by molar-refractivity contribution is -0.138. The van der Waals surface area contributed by atoms with Gasteiger partial charge in [0.25, 0.3) is 5.91 Å². The molecular weight excluding hydrogens is 448 g/mol. The van der Waals surface area contributed by atoms with Crippen molar-refractivity contribution in [2.24, 2.45) is 0 Å². The number of carbonyl (C=O) groups is 4. The van der Waals surface area contributed by atoms with Crippen molar-refractivity contribution in [1.82, 2.24) is 5.32 Å². The molecule has 0 saturated heterocycles. The molecule has 1 aliphatic rings. The molecule has 4 rings (SSSR count). The Hall–Kier alpha value is -4.66. The Morgan fingerprint density at radius 3 is 2.31 bits per heavy atom. The summed E-state index contributed by atoms with van der Waals surface area (Å²) < 4.78 is 0. The molecule has 1 aliphatic heterocycles. The number of amides is 4. The molecule has 0 spiro atoms. The zero-order valence-corrected chi connectivity index (χ0v) is 18.9. The summed E-state index contributed by atoms with van der Waals surface area (Å²) in [5.74, 6) is -2.18. The molecular formula is C26H24N4O5. The van der Waals surface area contributed by atoms with Gasteiger partial charge in [-0.2, -0.15) is 0 Å². The van der Waals surface area contributed by atoms with E-state index >= 15 is 0 Å². The van der Waals surface area contributed by atoms with Crippen LogP contribution in [0.2, 0.25) is 0 Å². The third-order valence-electron chi connectivity index (χ3n) is 5.62. The molecule has 3 aromatic carbocycles. The molecule has 0 bridgehead atoms. The zero-order chi connectivity index (χ0) is 24.9. The lowest BCUT2D eigenvalue weighted by atomic mass is 9.99. The van der Waals surface area contributed by atoms with Crippen molar-refractivity contribution in [3.8, 4) is 0 Å². The Morgan fingerprint density at radius 2 is 1.66 bits per heavy atom. The second kappa shape index (κ2) is 10.1. The fourth-order valence-corrected chi connectivity index (χ4v) is 3.81. The second-order valence-electron chi connectivity index (χ2n) is 8.13. The van der Waals surface area contributed by atoms with E-state index in [4.69, 9.17) is 5.11 Å². The summed E-state index contributed by atoms with van der Waals surface area (Å²) in [6.45, 7) is 1.35. The maximum Gasteiger partial charge on any atom is 0.327 e. The second-order valence-corrected chi connectivity index (χ2v) is 8.13. The number of nitrogens with zero attached hydrogens (tertiary/aromatic N) is 1. The van der Waals surface area contributed by atoms with Crippen LogP contribution in [-0.2, 0) is 16.0 Å². The molecule has 0 fully saturated rings. The van der Waals surface area contributed by atoms with Gasteiger partial charge in [0.2, 0.25) is 5.91 Å². The molecule has 9 heteroatoms. The highest BCUT2D eigenvalue weighted by atomic mass is 16.4. The molecule has 0 radical (unpaired) electrons. The highest BCUT2D eigenvalue weighted by molar-refractivity contribution is 6.15. The Labute approximate surface area is 201 Å². The number of carboxylic acids is 1. The van der Waals surface area contributed by atoms with Crippen LogP contribution in [0, 0.1) is 0 Å². The van der Waals surface area contributed by atoms with Crippen molar-refractivity contribution in [2.75, 3.05) is 15.5 Å². The minimum Gasteiger partial charge on any atom is -0.480 e. The van der Waals surface area contributed by atoms with Crippen LogP contribution in [0.15, 0.2) is 78.9 Å². The monoisotopic (exact) mass is 472 g/mol.